The second-order valence-corrected chi connectivity index (χ2v) is 7.28. The molecule has 0 radical (unpaired) electrons. The van der Waals surface area contributed by atoms with Crippen molar-refractivity contribution in [2.45, 2.75) is 6.18 Å². The van der Waals surface area contributed by atoms with E-state index in [2.05, 4.69) is 0 Å². The fourth-order valence-electron chi connectivity index (χ4n) is 3.28. The van der Waals surface area contributed by atoms with E-state index < -0.39 is 41.1 Å². The fourth-order valence-corrected chi connectivity index (χ4v) is 3.28. The number of hydrogen-bond acceptors (Lipinski definition) is 7. The summed E-state index contributed by atoms with van der Waals surface area (Å²) >= 11 is 0. The largest absolute Gasteiger partial charge is 0.493 e. The van der Waals surface area contributed by atoms with Crippen molar-refractivity contribution in [1.82, 2.24) is 5.32 Å². The van der Waals surface area contributed by atoms with Gasteiger partial charge in [0.05, 0.1) is 24.6 Å². The number of urea groups is 1. The number of alkyl halides is 3. The number of esters is 1. The molecule has 2 heterocycles. The van der Waals surface area contributed by atoms with Crippen LogP contribution < -0.4 is 19.7 Å². The Kier molecular flexibility index (Phi) is 6.34. The number of hydrogen-bond donors (Lipinski definition) is 1. The van der Waals surface area contributed by atoms with E-state index in [1.165, 1.54) is 43.7 Å². The number of ether oxygens (including phenoxy) is 2. The van der Waals surface area contributed by atoms with Crippen LogP contribution in [0.5, 0.6) is 11.5 Å². The molecule has 4 rings (SSSR count). The van der Waals surface area contributed by atoms with Crippen molar-refractivity contribution in [3.63, 3.8) is 0 Å². The van der Waals surface area contributed by atoms with Crippen molar-refractivity contribution >= 4 is 35.6 Å². The molecule has 0 atom stereocenters. The third-order valence-electron chi connectivity index (χ3n) is 4.96. The number of furan rings is 1. The number of carbonyl (C=O) groups is 4. The zero-order chi connectivity index (χ0) is 26.0. The van der Waals surface area contributed by atoms with Gasteiger partial charge in [0.2, 0.25) is 5.76 Å². The predicted molar refractivity (Wildman–Crippen MR) is 117 cm³/mol. The molecule has 2 aromatic carbocycles. The van der Waals surface area contributed by atoms with Gasteiger partial charge < -0.3 is 13.9 Å². The van der Waals surface area contributed by atoms with E-state index in [0.29, 0.717) is 11.0 Å². The highest BCUT2D eigenvalue weighted by Gasteiger charge is 2.38. The van der Waals surface area contributed by atoms with Crippen LogP contribution in [0, 0.1) is 0 Å². The van der Waals surface area contributed by atoms with Crippen LogP contribution in [-0.4, -0.2) is 30.9 Å². The minimum absolute atomic E-state index is 0.0150. The van der Waals surface area contributed by atoms with E-state index in [9.17, 15) is 32.3 Å². The van der Waals surface area contributed by atoms with Crippen LogP contribution in [0.1, 0.15) is 21.7 Å². The Morgan fingerprint density at radius 3 is 2.47 bits per heavy atom. The summed E-state index contributed by atoms with van der Waals surface area (Å²) in [4.78, 5) is 50.2. The van der Waals surface area contributed by atoms with Crippen molar-refractivity contribution in [2.75, 3.05) is 12.0 Å². The molecule has 12 heteroatoms. The molecule has 1 aliphatic rings. The molecule has 1 fully saturated rings. The summed E-state index contributed by atoms with van der Waals surface area (Å²) in [5, 5.41) is 1.94. The quantitative estimate of drug-likeness (QED) is 0.242. The Morgan fingerprint density at radius 2 is 1.81 bits per heavy atom. The topological polar surface area (TPSA) is 115 Å². The van der Waals surface area contributed by atoms with Crippen LogP contribution in [-0.2, 0) is 15.8 Å². The van der Waals surface area contributed by atoms with E-state index in [-0.39, 0.29) is 28.5 Å². The average molecular weight is 500 g/mol. The van der Waals surface area contributed by atoms with Gasteiger partial charge in [-0.1, -0.05) is 12.1 Å². The second kappa shape index (κ2) is 9.41. The molecule has 0 saturated carbocycles. The molecule has 0 bridgehead atoms. The van der Waals surface area contributed by atoms with Crippen molar-refractivity contribution < 1.29 is 46.2 Å². The third-order valence-corrected chi connectivity index (χ3v) is 4.96. The number of methoxy groups -OCH3 is 1. The number of amides is 4. The van der Waals surface area contributed by atoms with Crippen LogP contribution in [0.25, 0.3) is 6.08 Å². The molecule has 4 amide bonds. The molecule has 0 aliphatic carbocycles. The summed E-state index contributed by atoms with van der Waals surface area (Å²) in [7, 11) is 1.29. The first-order valence-corrected chi connectivity index (χ1v) is 10.1. The minimum Gasteiger partial charge on any atom is -0.493 e. The number of imide groups is 2. The molecular weight excluding hydrogens is 485 g/mol. The number of barbiturate groups is 1. The maximum atomic E-state index is 13.1. The maximum Gasteiger partial charge on any atom is 0.416 e. The van der Waals surface area contributed by atoms with Crippen molar-refractivity contribution in [3.8, 4) is 11.5 Å². The molecule has 1 aliphatic heterocycles. The normalized spacial score (nSPS) is 15.2. The highest BCUT2D eigenvalue weighted by molar-refractivity contribution is 6.39. The molecule has 36 heavy (non-hydrogen) atoms. The molecule has 0 unspecified atom stereocenters. The van der Waals surface area contributed by atoms with E-state index in [1.807, 2.05) is 5.32 Å². The second-order valence-electron chi connectivity index (χ2n) is 7.28. The number of nitrogens with zero attached hydrogens (tertiary/aromatic N) is 1. The van der Waals surface area contributed by atoms with Crippen molar-refractivity contribution in [3.05, 3.63) is 83.3 Å². The average Bonchev–Trinajstić information content (AvgIpc) is 3.37. The van der Waals surface area contributed by atoms with E-state index in [1.54, 1.807) is 0 Å². The van der Waals surface area contributed by atoms with Crippen LogP contribution in [0.15, 0.2) is 70.9 Å². The zero-order valence-corrected chi connectivity index (χ0v) is 18.3. The SMILES string of the molecule is COc1cc(/C=C2\C(=O)NC(=O)N(c3cccc(C(F)(F)F)c3)C2=O)ccc1OC(=O)c1ccco1. The van der Waals surface area contributed by atoms with Gasteiger partial charge in [-0.25, -0.2) is 14.5 Å². The van der Waals surface area contributed by atoms with Gasteiger partial charge >= 0.3 is 18.2 Å². The summed E-state index contributed by atoms with van der Waals surface area (Å²) in [5.41, 5.74) is -1.73. The number of rotatable bonds is 5. The predicted octanol–water partition coefficient (Wildman–Crippen LogP) is 4.19. The Bertz CT molecular complexity index is 1390. The van der Waals surface area contributed by atoms with Gasteiger partial charge in [-0.05, 0) is 54.1 Å². The maximum absolute atomic E-state index is 13.1. The molecular formula is C24H15F3N2O7. The highest BCUT2D eigenvalue weighted by atomic mass is 19.4. The molecule has 1 aromatic heterocycles. The van der Waals surface area contributed by atoms with Crippen LogP contribution in [0.3, 0.4) is 0 Å². The zero-order valence-electron chi connectivity index (χ0n) is 18.3. The van der Waals surface area contributed by atoms with Gasteiger partial charge in [0, 0.05) is 0 Å². The standard InChI is InChI=1S/C24H15F3N2O7/c1-34-19-11-13(7-8-17(19)36-22(32)18-6-3-9-35-18)10-16-20(30)28-23(33)29(21(16)31)15-5-2-4-14(12-15)24(25,26)27/h2-12H,1H3,(H,28,30,33)/b16-10+. The summed E-state index contributed by atoms with van der Waals surface area (Å²) in [5.74, 6) is -2.93. The fraction of sp³-hybridized carbons (Fsp3) is 0.0833. The van der Waals surface area contributed by atoms with Gasteiger partial charge in [0.15, 0.2) is 11.5 Å². The van der Waals surface area contributed by atoms with Gasteiger partial charge in [-0.3, -0.25) is 14.9 Å². The Hall–Kier alpha value is -4.87. The van der Waals surface area contributed by atoms with Gasteiger partial charge in [0.1, 0.15) is 5.57 Å². The summed E-state index contributed by atoms with van der Waals surface area (Å²) < 4.78 is 54.7. The minimum atomic E-state index is -4.71. The number of benzene rings is 2. The lowest BCUT2D eigenvalue weighted by Gasteiger charge is -2.27. The monoisotopic (exact) mass is 500 g/mol. The molecule has 1 saturated heterocycles. The summed E-state index contributed by atoms with van der Waals surface area (Å²) in [6.07, 6.45) is -2.30. The Balaban J connectivity index is 1.65. The molecule has 3 aromatic rings. The van der Waals surface area contributed by atoms with Gasteiger partial charge in [-0.15, -0.1) is 0 Å². The summed E-state index contributed by atoms with van der Waals surface area (Å²) in [6, 6.07) is 9.36. The van der Waals surface area contributed by atoms with Crippen LogP contribution in [0.2, 0.25) is 0 Å². The smallest absolute Gasteiger partial charge is 0.416 e. The lowest BCUT2D eigenvalue weighted by atomic mass is 10.1. The number of anilines is 1. The molecule has 184 valence electrons. The van der Waals surface area contributed by atoms with Crippen LogP contribution >= 0.6 is 0 Å². The molecule has 1 N–H and O–H groups in total. The van der Waals surface area contributed by atoms with Crippen molar-refractivity contribution in [2.24, 2.45) is 0 Å². The number of carbonyl (C=O) groups excluding carboxylic acids is 4. The molecule has 0 spiro atoms. The molecule has 9 nitrogen and oxygen atoms in total. The van der Waals surface area contributed by atoms with Crippen LogP contribution in [0.4, 0.5) is 23.7 Å². The first-order chi connectivity index (χ1) is 17.1. The Morgan fingerprint density at radius 1 is 1.03 bits per heavy atom. The van der Waals surface area contributed by atoms with E-state index in [4.69, 9.17) is 13.9 Å². The van der Waals surface area contributed by atoms with Crippen molar-refractivity contribution in [1.29, 1.82) is 0 Å². The van der Waals surface area contributed by atoms with Gasteiger partial charge in [-0.2, -0.15) is 13.2 Å². The van der Waals surface area contributed by atoms with E-state index in [0.717, 1.165) is 24.3 Å². The van der Waals surface area contributed by atoms with E-state index >= 15 is 0 Å². The lowest BCUT2D eigenvalue weighted by Crippen LogP contribution is -2.54. The number of nitrogens with one attached hydrogen (secondary N) is 1. The Labute approximate surface area is 200 Å². The van der Waals surface area contributed by atoms with Gasteiger partial charge in [0.25, 0.3) is 11.8 Å². The lowest BCUT2D eigenvalue weighted by molar-refractivity contribution is -0.137. The number of halogens is 3. The summed E-state index contributed by atoms with van der Waals surface area (Å²) in [6.45, 7) is 0. The third kappa shape index (κ3) is 4.82. The first-order valence-electron chi connectivity index (χ1n) is 10.1. The highest BCUT2D eigenvalue weighted by Crippen LogP contribution is 2.33. The first kappa shape index (κ1) is 24.3.